The molecule has 0 radical (unpaired) electrons. The van der Waals surface area contributed by atoms with Crippen LogP contribution in [0.1, 0.15) is 12.8 Å². The highest BCUT2D eigenvalue weighted by Crippen LogP contribution is 2.29. The van der Waals surface area contributed by atoms with Crippen molar-refractivity contribution in [1.29, 1.82) is 0 Å². The van der Waals surface area contributed by atoms with Gasteiger partial charge >= 0.3 is 0 Å². The van der Waals surface area contributed by atoms with Gasteiger partial charge in [0.15, 0.2) is 5.65 Å². The molecule has 2 aromatic carbocycles. The fourth-order valence-corrected chi connectivity index (χ4v) is 3.87. The number of β-amino-alcohol motifs (C(OH)–C–C–N with tert-alkyl or cyclic N) is 1. The van der Waals surface area contributed by atoms with Gasteiger partial charge in [-0.15, -0.1) is 0 Å². The van der Waals surface area contributed by atoms with E-state index >= 15 is 0 Å². The highest BCUT2D eigenvalue weighted by molar-refractivity contribution is 5.71. The predicted octanol–water partition coefficient (Wildman–Crippen LogP) is 4.16. The fourth-order valence-electron chi connectivity index (χ4n) is 3.87. The van der Waals surface area contributed by atoms with Crippen LogP contribution in [0.5, 0.6) is 0 Å². The molecule has 5 rings (SSSR count). The number of nitrogens with zero attached hydrogens (tertiary/aromatic N) is 4. The predicted molar refractivity (Wildman–Crippen MR) is 111 cm³/mol. The molecular formula is C23H21FN4O. The molecule has 0 spiro atoms. The summed E-state index contributed by atoms with van der Waals surface area (Å²) in [6.07, 6.45) is 1.40. The van der Waals surface area contributed by atoms with Crippen LogP contribution in [0.3, 0.4) is 0 Å². The number of aliphatic hydroxyl groups excluding tert-OH is 1. The number of hydrogen-bond donors (Lipinski definition) is 1. The summed E-state index contributed by atoms with van der Waals surface area (Å²) in [6.45, 7) is 1.43. The van der Waals surface area contributed by atoms with Crippen LogP contribution in [0.2, 0.25) is 0 Å². The van der Waals surface area contributed by atoms with E-state index in [1.165, 1.54) is 12.1 Å². The van der Waals surface area contributed by atoms with E-state index in [2.05, 4.69) is 4.90 Å². The summed E-state index contributed by atoms with van der Waals surface area (Å²) in [6, 6.07) is 20.3. The van der Waals surface area contributed by atoms with Crippen molar-refractivity contribution in [2.45, 2.75) is 18.9 Å². The zero-order chi connectivity index (χ0) is 19.8. The van der Waals surface area contributed by atoms with E-state index in [9.17, 15) is 9.50 Å². The minimum absolute atomic E-state index is 0.273. The average molecular weight is 388 g/mol. The molecule has 1 aliphatic rings. The molecule has 2 aromatic heterocycles. The van der Waals surface area contributed by atoms with E-state index in [0.717, 1.165) is 53.4 Å². The van der Waals surface area contributed by atoms with Crippen LogP contribution in [0.15, 0.2) is 66.7 Å². The van der Waals surface area contributed by atoms with E-state index in [4.69, 9.17) is 10.1 Å². The summed E-state index contributed by atoms with van der Waals surface area (Å²) < 4.78 is 15.1. The summed E-state index contributed by atoms with van der Waals surface area (Å²) in [5, 5.41) is 14.9. The monoisotopic (exact) mass is 388 g/mol. The molecular weight excluding hydrogens is 367 g/mol. The van der Waals surface area contributed by atoms with Crippen LogP contribution in [0, 0.1) is 5.82 Å². The lowest BCUT2D eigenvalue weighted by atomic mass is 10.1. The molecule has 1 atom stereocenters. The highest BCUT2D eigenvalue weighted by atomic mass is 19.1. The number of rotatable bonds is 3. The summed E-state index contributed by atoms with van der Waals surface area (Å²) in [5.41, 5.74) is 4.18. The van der Waals surface area contributed by atoms with E-state index in [1.54, 1.807) is 12.1 Å². The lowest BCUT2D eigenvalue weighted by Gasteiger charge is -2.32. The second-order valence-electron chi connectivity index (χ2n) is 7.41. The summed E-state index contributed by atoms with van der Waals surface area (Å²) in [5.74, 6) is 0.631. The standard InChI is InChI=1S/C23H21FN4O/c24-18-10-8-17(9-11-18)21-13-22-25-20(16-5-2-1-3-6-16)14-23(28(22)26-21)27-12-4-7-19(29)15-27/h1-3,5-6,8-11,13-14,19,29H,4,7,12,15H2/t19-/m0/s1. The Hall–Kier alpha value is -3.25. The maximum absolute atomic E-state index is 13.3. The Balaban J connectivity index is 1.67. The maximum atomic E-state index is 13.3. The number of aliphatic hydroxyl groups is 1. The number of piperidine rings is 1. The van der Waals surface area contributed by atoms with Crippen molar-refractivity contribution in [3.8, 4) is 22.5 Å². The Kier molecular flexibility index (Phi) is 4.48. The molecule has 146 valence electrons. The van der Waals surface area contributed by atoms with Gasteiger partial charge in [-0.25, -0.2) is 9.37 Å². The van der Waals surface area contributed by atoms with Crippen LogP contribution in [-0.2, 0) is 0 Å². The lowest BCUT2D eigenvalue weighted by Crippen LogP contribution is -2.39. The first-order chi connectivity index (χ1) is 14.2. The number of hydrogen-bond acceptors (Lipinski definition) is 4. The number of benzene rings is 2. The van der Waals surface area contributed by atoms with E-state index in [1.807, 2.05) is 47.0 Å². The Morgan fingerprint density at radius 2 is 1.69 bits per heavy atom. The minimum Gasteiger partial charge on any atom is -0.391 e. The zero-order valence-electron chi connectivity index (χ0n) is 15.9. The third-order valence-corrected chi connectivity index (χ3v) is 5.34. The van der Waals surface area contributed by atoms with Crippen molar-refractivity contribution in [2.75, 3.05) is 18.0 Å². The van der Waals surface area contributed by atoms with Gasteiger partial charge in [0.1, 0.15) is 11.6 Å². The lowest BCUT2D eigenvalue weighted by molar-refractivity contribution is 0.153. The van der Waals surface area contributed by atoms with Crippen LogP contribution < -0.4 is 4.90 Å². The first kappa shape index (κ1) is 17.8. The Labute approximate surface area is 168 Å². The van der Waals surface area contributed by atoms with Crippen molar-refractivity contribution in [2.24, 2.45) is 0 Å². The van der Waals surface area contributed by atoms with Gasteiger partial charge in [-0.1, -0.05) is 30.3 Å². The van der Waals surface area contributed by atoms with Gasteiger partial charge in [0.2, 0.25) is 0 Å². The quantitative estimate of drug-likeness (QED) is 0.573. The first-order valence-electron chi connectivity index (χ1n) is 9.82. The van der Waals surface area contributed by atoms with Gasteiger partial charge in [0, 0.05) is 36.3 Å². The molecule has 1 N–H and O–H groups in total. The summed E-state index contributed by atoms with van der Waals surface area (Å²) in [4.78, 5) is 6.98. The number of anilines is 1. The van der Waals surface area contributed by atoms with Gasteiger partial charge in [-0.3, -0.25) is 0 Å². The zero-order valence-corrected chi connectivity index (χ0v) is 15.9. The average Bonchev–Trinajstić information content (AvgIpc) is 3.18. The van der Waals surface area contributed by atoms with Gasteiger partial charge < -0.3 is 10.0 Å². The molecule has 1 aliphatic heterocycles. The molecule has 0 amide bonds. The first-order valence-corrected chi connectivity index (χ1v) is 9.82. The fraction of sp³-hybridized carbons (Fsp3) is 0.217. The number of aromatic nitrogens is 3. The third-order valence-electron chi connectivity index (χ3n) is 5.34. The van der Waals surface area contributed by atoms with Crippen LogP contribution in [0.25, 0.3) is 28.2 Å². The number of halogens is 1. The van der Waals surface area contributed by atoms with Crippen molar-refractivity contribution in [1.82, 2.24) is 14.6 Å². The van der Waals surface area contributed by atoms with Gasteiger partial charge in [0.05, 0.1) is 17.5 Å². The van der Waals surface area contributed by atoms with Gasteiger partial charge in [-0.05, 0) is 37.1 Å². The number of fused-ring (bicyclic) bond motifs is 1. The second kappa shape index (κ2) is 7.29. The third kappa shape index (κ3) is 3.47. The molecule has 1 saturated heterocycles. The van der Waals surface area contributed by atoms with Gasteiger partial charge in [-0.2, -0.15) is 9.61 Å². The highest BCUT2D eigenvalue weighted by Gasteiger charge is 2.22. The van der Waals surface area contributed by atoms with Crippen molar-refractivity contribution < 1.29 is 9.50 Å². The molecule has 4 aromatic rings. The van der Waals surface area contributed by atoms with Crippen molar-refractivity contribution in [3.05, 3.63) is 72.5 Å². The van der Waals surface area contributed by atoms with Crippen LogP contribution in [0.4, 0.5) is 10.2 Å². The summed E-state index contributed by atoms with van der Waals surface area (Å²) >= 11 is 0. The molecule has 1 fully saturated rings. The van der Waals surface area contributed by atoms with Crippen LogP contribution >= 0.6 is 0 Å². The topological polar surface area (TPSA) is 53.7 Å². The molecule has 5 nitrogen and oxygen atoms in total. The molecule has 0 aliphatic carbocycles. The molecule has 6 heteroatoms. The second-order valence-corrected chi connectivity index (χ2v) is 7.41. The molecule has 0 saturated carbocycles. The molecule has 3 heterocycles. The Morgan fingerprint density at radius 1 is 0.931 bits per heavy atom. The maximum Gasteiger partial charge on any atom is 0.158 e. The van der Waals surface area contributed by atoms with E-state index < -0.39 is 0 Å². The molecule has 0 unspecified atom stereocenters. The SMILES string of the molecule is O[C@H]1CCCN(c2cc(-c3ccccc3)nc3cc(-c4ccc(F)cc4)nn23)C1. The summed E-state index contributed by atoms with van der Waals surface area (Å²) in [7, 11) is 0. The van der Waals surface area contributed by atoms with Crippen LogP contribution in [-0.4, -0.2) is 38.9 Å². The largest absolute Gasteiger partial charge is 0.391 e. The smallest absolute Gasteiger partial charge is 0.158 e. The van der Waals surface area contributed by atoms with E-state index in [-0.39, 0.29) is 11.9 Å². The Bertz CT molecular complexity index is 1140. The molecule has 29 heavy (non-hydrogen) atoms. The molecule has 0 bridgehead atoms. The van der Waals surface area contributed by atoms with Gasteiger partial charge in [0.25, 0.3) is 0 Å². The van der Waals surface area contributed by atoms with Crippen molar-refractivity contribution >= 4 is 11.5 Å². The van der Waals surface area contributed by atoms with Crippen molar-refractivity contribution in [3.63, 3.8) is 0 Å². The minimum atomic E-state index is -0.348. The normalized spacial score (nSPS) is 17.0. The van der Waals surface area contributed by atoms with E-state index in [0.29, 0.717) is 6.54 Å². The Morgan fingerprint density at radius 3 is 2.45 bits per heavy atom.